The number of thiocarbonyl (C=S) groups is 1. The van der Waals surface area contributed by atoms with Crippen LogP contribution in [0, 0.1) is 5.92 Å². The molecule has 0 aliphatic heterocycles. The van der Waals surface area contributed by atoms with E-state index in [4.69, 9.17) is 12.2 Å². The molecule has 0 aliphatic rings. The molecule has 0 bridgehead atoms. The van der Waals surface area contributed by atoms with E-state index >= 15 is 0 Å². The summed E-state index contributed by atoms with van der Waals surface area (Å²) in [5.41, 5.74) is 0. The maximum absolute atomic E-state index is 5.44. The summed E-state index contributed by atoms with van der Waals surface area (Å²) in [5.74, 6) is 0.596. The van der Waals surface area contributed by atoms with Gasteiger partial charge in [0, 0.05) is 12.0 Å². The fraction of sp³-hybridized carbons (Fsp3) is 0.929. The lowest BCUT2D eigenvalue weighted by Gasteiger charge is -2.19. The molecule has 0 amide bonds. The van der Waals surface area contributed by atoms with Gasteiger partial charge in [-0.1, -0.05) is 58.2 Å². The normalized spacial score (nSPS) is 12.8. The lowest BCUT2D eigenvalue weighted by Crippen LogP contribution is -2.33. The van der Waals surface area contributed by atoms with E-state index in [-0.39, 0.29) is 0 Å². The van der Waals surface area contributed by atoms with Crippen LogP contribution in [0.3, 0.4) is 0 Å². The summed E-state index contributed by atoms with van der Waals surface area (Å²) in [7, 11) is 0. The fourth-order valence-electron chi connectivity index (χ4n) is 1.92. The van der Waals surface area contributed by atoms with E-state index in [1.807, 2.05) is 0 Å². The summed E-state index contributed by atoms with van der Waals surface area (Å²) in [6, 6.07) is 0.474. The third-order valence-corrected chi connectivity index (χ3v) is 3.40. The number of hydrogen-bond donors (Lipinski definition) is 1. The molecule has 0 rings (SSSR count). The molecule has 0 aliphatic carbocycles. The first-order valence-electron chi connectivity index (χ1n) is 6.92. The minimum absolute atomic E-state index is 0.474. The minimum atomic E-state index is 0.474. The molecule has 0 heterocycles. The van der Waals surface area contributed by atoms with E-state index < -0.39 is 0 Å². The van der Waals surface area contributed by atoms with Crippen molar-refractivity contribution in [1.29, 1.82) is 0 Å². The van der Waals surface area contributed by atoms with Crippen LogP contribution >= 0.6 is 12.2 Å². The van der Waals surface area contributed by atoms with Crippen molar-refractivity contribution in [3.8, 4) is 0 Å². The van der Waals surface area contributed by atoms with Crippen molar-refractivity contribution >= 4 is 17.2 Å². The quantitative estimate of drug-likeness (QED) is 0.465. The third kappa shape index (κ3) is 8.09. The molecule has 0 spiro atoms. The van der Waals surface area contributed by atoms with E-state index in [0.29, 0.717) is 12.0 Å². The number of unbranched alkanes of at least 4 members (excludes halogenated alkanes) is 4. The SMILES string of the molecule is CCCCCCCC(CC)C(=S)NC(C)C. The van der Waals surface area contributed by atoms with Gasteiger partial charge in [-0.2, -0.15) is 0 Å². The number of nitrogens with one attached hydrogen (secondary N) is 1. The molecule has 0 saturated carbocycles. The Balaban J connectivity index is 3.69. The van der Waals surface area contributed by atoms with Gasteiger partial charge in [0.2, 0.25) is 0 Å². The monoisotopic (exact) mass is 243 g/mol. The van der Waals surface area contributed by atoms with Gasteiger partial charge >= 0.3 is 0 Å². The predicted molar refractivity (Wildman–Crippen MR) is 78.0 cm³/mol. The van der Waals surface area contributed by atoms with E-state index in [1.165, 1.54) is 44.9 Å². The average molecular weight is 243 g/mol. The topological polar surface area (TPSA) is 12.0 Å². The molecule has 0 aromatic rings. The van der Waals surface area contributed by atoms with Gasteiger partial charge in [-0.05, 0) is 26.7 Å². The van der Waals surface area contributed by atoms with Crippen LogP contribution in [-0.4, -0.2) is 11.0 Å². The molecule has 1 unspecified atom stereocenters. The highest BCUT2D eigenvalue weighted by Crippen LogP contribution is 2.16. The molecule has 1 nitrogen and oxygen atoms in total. The Kier molecular flexibility index (Phi) is 10.0. The van der Waals surface area contributed by atoms with E-state index in [9.17, 15) is 0 Å². The molecule has 0 aromatic heterocycles. The van der Waals surface area contributed by atoms with Crippen LogP contribution in [0.2, 0.25) is 0 Å². The van der Waals surface area contributed by atoms with Crippen LogP contribution in [0.4, 0.5) is 0 Å². The second-order valence-electron chi connectivity index (χ2n) is 4.97. The molecule has 0 radical (unpaired) electrons. The first kappa shape index (κ1) is 15.9. The Labute approximate surface area is 107 Å². The maximum Gasteiger partial charge on any atom is 0.0786 e. The summed E-state index contributed by atoms with van der Waals surface area (Å²) >= 11 is 5.44. The lowest BCUT2D eigenvalue weighted by atomic mass is 9.97. The van der Waals surface area contributed by atoms with Gasteiger partial charge in [-0.15, -0.1) is 0 Å². The van der Waals surface area contributed by atoms with Gasteiger partial charge in [-0.3, -0.25) is 0 Å². The number of rotatable bonds is 9. The van der Waals surface area contributed by atoms with Crippen LogP contribution in [0.25, 0.3) is 0 Å². The zero-order valence-electron chi connectivity index (χ0n) is 11.5. The summed E-state index contributed by atoms with van der Waals surface area (Å²) < 4.78 is 0. The van der Waals surface area contributed by atoms with Crippen molar-refractivity contribution in [1.82, 2.24) is 5.32 Å². The van der Waals surface area contributed by atoms with E-state index in [1.54, 1.807) is 0 Å². The highest BCUT2D eigenvalue weighted by molar-refractivity contribution is 7.80. The molecule has 0 fully saturated rings. The first-order valence-corrected chi connectivity index (χ1v) is 7.33. The van der Waals surface area contributed by atoms with Gasteiger partial charge in [0.05, 0.1) is 4.99 Å². The lowest BCUT2D eigenvalue weighted by molar-refractivity contribution is 0.523. The summed E-state index contributed by atoms with van der Waals surface area (Å²) in [6.07, 6.45) is 9.23. The highest BCUT2D eigenvalue weighted by atomic mass is 32.1. The molecule has 16 heavy (non-hydrogen) atoms. The third-order valence-electron chi connectivity index (χ3n) is 2.95. The molecule has 96 valence electrons. The highest BCUT2D eigenvalue weighted by Gasteiger charge is 2.12. The van der Waals surface area contributed by atoms with Gasteiger partial charge in [0.1, 0.15) is 0 Å². The van der Waals surface area contributed by atoms with Crippen LogP contribution in [0.15, 0.2) is 0 Å². The van der Waals surface area contributed by atoms with Crippen LogP contribution in [0.1, 0.15) is 72.6 Å². The Morgan fingerprint density at radius 3 is 2.19 bits per heavy atom. The van der Waals surface area contributed by atoms with Crippen molar-refractivity contribution in [3.05, 3.63) is 0 Å². The van der Waals surface area contributed by atoms with Crippen LogP contribution in [-0.2, 0) is 0 Å². The van der Waals surface area contributed by atoms with Gasteiger partial charge in [-0.25, -0.2) is 0 Å². The molecular weight excluding hydrogens is 214 g/mol. The second kappa shape index (κ2) is 10.1. The average Bonchev–Trinajstić information content (AvgIpc) is 2.22. The summed E-state index contributed by atoms with van der Waals surface area (Å²) in [6.45, 7) is 8.81. The van der Waals surface area contributed by atoms with Crippen molar-refractivity contribution in [3.63, 3.8) is 0 Å². The van der Waals surface area contributed by atoms with Crippen LogP contribution in [0.5, 0.6) is 0 Å². The fourth-order valence-corrected chi connectivity index (χ4v) is 2.44. The zero-order chi connectivity index (χ0) is 12.4. The van der Waals surface area contributed by atoms with Crippen LogP contribution < -0.4 is 5.32 Å². The Bertz CT molecular complexity index is 178. The first-order chi connectivity index (χ1) is 7.61. The van der Waals surface area contributed by atoms with Gasteiger partial charge in [0.15, 0.2) is 0 Å². The standard InChI is InChI=1S/C14H29NS/c1-5-7-8-9-10-11-13(6-2)14(16)15-12(3)4/h12-13H,5-11H2,1-4H3,(H,15,16). The maximum atomic E-state index is 5.44. The van der Waals surface area contributed by atoms with Crippen molar-refractivity contribution in [2.45, 2.75) is 78.7 Å². The Hall–Kier alpha value is -0.110. The van der Waals surface area contributed by atoms with E-state index in [2.05, 4.69) is 33.0 Å². The summed E-state index contributed by atoms with van der Waals surface area (Å²) in [5, 5.41) is 3.38. The van der Waals surface area contributed by atoms with Gasteiger partial charge < -0.3 is 5.32 Å². The molecule has 0 saturated heterocycles. The molecule has 1 N–H and O–H groups in total. The van der Waals surface area contributed by atoms with Crippen molar-refractivity contribution < 1.29 is 0 Å². The predicted octanol–water partition coefficient (Wildman–Crippen LogP) is 4.70. The smallest absolute Gasteiger partial charge is 0.0786 e. The molecule has 2 heteroatoms. The summed E-state index contributed by atoms with van der Waals surface area (Å²) in [4.78, 5) is 1.08. The molecule has 1 atom stereocenters. The molecule has 0 aromatic carbocycles. The second-order valence-corrected chi connectivity index (χ2v) is 5.41. The number of hydrogen-bond acceptors (Lipinski definition) is 1. The van der Waals surface area contributed by atoms with Crippen molar-refractivity contribution in [2.75, 3.05) is 0 Å². The van der Waals surface area contributed by atoms with E-state index in [0.717, 1.165) is 4.99 Å². The minimum Gasteiger partial charge on any atom is -0.377 e. The Morgan fingerprint density at radius 1 is 1.06 bits per heavy atom. The van der Waals surface area contributed by atoms with Crippen molar-refractivity contribution in [2.24, 2.45) is 5.92 Å². The molecular formula is C14H29NS. The zero-order valence-corrected chi connectivity index (χ0v) is 12.3. The largest absolute Gasteiger partial charge is 0.377 e. The van der Waals surface area contributed by atoms with Gasteiger partial charge in [0.25, 0.3) is 0 Å². The Morgan fingerprint density at radius 2 is 1.69 bits per heavy atom.